The SMILES string of the molecule is CC(C)c1nn[nH][n+]1C(C)C.N. The van der Waals surface area contributed by atoms with Crippen LogP contribution in [0.3, 0.4) is 0 Å². The minimum atomic E-state index is 0. The summed E-state index contributed by atoms with van der Waals surface area (Å²) in [5.74, 6) is 1.44. The van der Waals surface area contributed by atoms with Gasteiger partial charge in [-0.3, -0.25) is 0 Å². The summed E-state index contributed by atoms with van der Waals surface area (Å²) < 4.78 is 1.98. The Bertz CT molecular complexity index is 205. The van der Waals surface area contributed by atoms with Crippen molar-refractivity contribution in [3.05, 3.63) is 5.82 Å². The van der Waals surface area contributed by atoms with Gasteiger partial charge in [0.2, 0.25) is 0 Å². The van der Waals surface area contributed by atoms with E-state index in [2.05, 4.69) is 43.2 Å². The van der Waals surface area contributed by atoms with E-state index in [-0.39, 0.29) is 6.15 Å². The number of aromatic amines is 1. The van der Waals surface area contributed by atoms with Crippen LogP contribution < -0.4 is 10.8 Å². The summed E-state index contributed by atoms with van der Waals surface area (Å²) in [6.07, 6.45) is 0. The van der Waals surface area contributed by atoms with Crippen LogP contribution in [0.25, 0.3) is 0 Å². The summed E-state index contributed by atoms with van der Waals surface area (Å²) in [5.41, 5.74) is 0. The van der Waals surface area contributed by atoms with Crippen LogP contribution in [0.1, 0.15) is 45.5 Å². The number of aromatic nitrogens is 4. The molecule has 12 heavy (non-hydrogen) atoms. The van der Waals surface area contributed by atoms with Crippen LogP contribution in [0, 0.1) is 0 Å². The zero-order valence-corrected chi connectivity index (χ0v) is 8.20. The Labute approximate surface area is 72.7 Å². The first kappa shape index (κ1) is 11.0. The van der Waals surface area contributed by atoms with Gasteiger partial charge in [-0.2, -0.15) is 4.68 Å². The number of nitrogens with zero attached hydrogens (tertiary/aromatic N) is 3. The van der Waals surface area contributed by atoms with Crippen molar-refractivity contribution >= 4 is 0 Å². The topological polar surface area (TPSA) is 80.5 Å². The molecule has 1 heterocycles. The molecule has 0 atom stereocenters. The Balaban J connectivity index is 0.00000121. The minimum Gasteiger partial charge on any atom is -0.344 e. The number of rotatable bonds is 2. The van der Waals surface area contributed by atoms with Gasteiger partial charge in [0, 0.05) is 5.92 Å². The Hall–Kier alpha value is -0.970. The molecule has 0 aliphatic rings. The number of hydrogen-bond acceptors (Lipinski definition) is 3. The van der Waals surface area contributed by atoms with E-state index in [4.69, 9.17) is 0 Å². The van der Waals surface area contributed by atoms with E-state index in [1.807, 2.05) is 4.68 Å². The normalized spacial score (nSPS) is 10.5. The van der Waals surface area contributed by atoms with E-state index in [0.29, 0.717) is 12.0 Å². The molecule has 5 nitrogen and oxygen atoms in total. The third kappa shape index (κ3) is 2.01. The summed E-state index contributed by atoms with van der Waals surface area (Å²) in [4.78, 5) is 0. The lowest BCUT2D eigenvalue weighted by Crippen LogP contribution is -2.42. The van der Waals surface area contributed by atoms with Gasteiger partial charge in [-0.05, 0) is 13.8 Å². The number of nitrogens with one attached hydrogen (secondary N) is 1. The maximum absolute atomic E-state index is 3.99. The second-order valence-corrected chi connectivity index (χ2v) is 3.28. The van der Waals surface area contributed by atoms with Crippen LogP contribution >= 0.6 is 0 Å². The van der Waals surface area contributed by atoms with Crippen molar-refractivity contribution in [1.29, 1.82) is 0 Å². The molecule has 0 saturated carbocycles. The van der Waals surface area contributed by atoms with Gasteiger partial charge in [-0.1, -0.05) is 19.1 Å². The molecule has 4 N–H and O–H groups in total. The summed E-state index contributed by atoms with van der Waals surface area (Å²) in [6.45, 7) is 8.42. The van der Waals surface area contributed by atoms with Crippen LogP contribution in [-0.2, 0) is 0 Å². The van der Waals surface area contributed by atoms with Gasteiger partial charge >= 0.3 is 5.82 Å². The highest BCUT2D eigenvalue weighted by atomic mass is 15.5. The second-order valence-electron chi connectivity index (χ2n) is 3.28. The van der Waals surface area contributed by atoms with E-state index in [0.717, 1.165) is 5.82 Å². The lowest BCUT2D eigenvalue weighted by atomic mass is 10.2. The number of H-pyrrole nitrogens is 1. The van der Waals surface area contributed by atoms with Crippen molar-refractivity contribution in [2.24, 2.45) is 0 Å². The van der Waals surface area contributed by atoms with Gasteiger partial charge in [0.25, 0.3) is 0 Å². The molecule has 0 saturated heterocycles. The lowest BCUT2D eigenvalue weighted by molar-refractivity contribution is -0.778. The fraction of sp³-hybridized carbons (Fsp3) is 0.857. The maximum Gasteiger partial charge on any atom is 0.303 e. The first-order valence-corrected chi connectivity index (χ1v) is 3.95. The molecule has 0 spiro atoms. The molecule has 1 aromatic heterocycles. The van der Waals surface area contributed by atoms with Crippen molar-refractivity contribution in [1.82, 2.24) is 21.7 Å². The van der Waals surface area contributed by atoms with Crippen molar-refractivity contribution in [2.45, 2.75) is 39.7 Å². The largest absolute Gasteiger partial charge is 0.344 e. The zero-order chi connectivity index (χ0) is 8.43. The van der Waals surface area contributed by atoms with Gasteiger partial charge in [0.1, 0.15) is 5.10 Å². The van der Waals surface area contributed by atoms with Gasteiger partial charge < -0.3 is 6.15 Å². The molecule has 0 aliphatic heterocycles. The molecule has 0 radical (unpaired) electrons. The number of tetrazole rings is 1. The van der Waals surface area contributed by atoms with Crippen LogP contribution in [0.15, 0.2) is 0 Å². The molecular weight excluding hydrogens is 154 g/mol. The summed E-state index contributed by atoms with van der Waals surface area (Å²) >= 11 is 0. The molecule has 5 heteroatoms. The molecule has 1 aromatic rings. The van der Waals surface area contributed by atoms with Gasteiger partial charge in [0.05, 0.1) is 6.04 Å². The molecule has 0 bridgehead atoms. The third-order valence-corrected chi connectivity index (χ3v) is 1.58. The van der Waals surface area contributed by atoms with Crippen molar-refractivity contribution < 1.29 is 4.68 Å². The highest BCUT2D eigenvalue weighted by Crippen LogP contribution is 2.05. The minimum absolute atomic E-state index is 0. The standard InChI is InChI=1S/C7H14N4.H3N/c1-5(2)7-8-9-10-11(7)6(3)4;/h5-6H,1-4H3;1H3/p+1. The van der Waals surface area contributed by atoms with Crippen LogP contribution in [0.4, 0.5) is 0 Å². The Morgan fingerprint density at radius 2 is 1.83 bits per heavy atom. The van der Waals surface area contributed by atoms with Crippen molar-refractivity contribution in [2.75, 3.05) is 0 Å². The van der Waals surface area contributed by atoms with Gasteiger partial charge in [-0.15, -0.1) is 0 Å². The van der Waals surface area contributed by atoms with Crippen molar-refractivity contribution in [3.8, 4) is 0 Å². The first-order chi connectivity index (χ1) is 5.13. The second kappa shape index (κ2) is 4.15. The van der Waals surface area contributed by atoms with Crippen LogP contribution in [0.2, 0.25) is 0 Å². The lowest BCUT2D eigenvalue weighted by Gasteiger charge is -2.02. The highest BCUT2D eigenvalue weighted by Gasteiger charge is 2.19. The molecule has 70 valence electrons. The average Bonchev–Trinajstić information content (AvgIpc) is 2.32. The van der Waals surface area contributed by atoms with Gasteiger partial charge in [0.15, 0.2) is 5.21 Å². The Kier molecular flexibility index (Phi) is 3.82. The summed E-state index contributed by atoms with van der Waals surface area (Å²) in [6, 6.07) is 0.405. The quantitative estimate of drug-likeness (QED) is 0.652. The summed E-state index contributed by atoms with van der Waals surface area (Å²) in [5, 5.41) is 10.6. The van der Waals surface area contributed by atoms with Crippen molar-refractivity contribution in [3.63, 3.8) is 0 Å². The Morgan fingerprint density at radius 1 is 1.25 bits per heavy atom. The van der Waals surface area contributed by atoms with E-state index < -0.39 is 0 Å². The van der Waals surface area contributed by atoms with Gasteiger partial charge in [-0.25, -0.2) is 0 Å². The average molecular weight is 172 g/mol. The third-order valence-electron chi connectivity index (χ3n) is 1.58. The smallest absolute Gasteiger partial charge is 0.303 e. The molecule has 0 unspecified atom stereocenters. The fourth-order valence-corrected chi connectivity index (χ4v) is 0.995. The molecule has 0 aliphatic carbocycles. The fourth-order valence-electron chi connectivity index (χ4n) is 0.995. The molecule has 0 amide bonds. The summed E-state index contributed by atoms with van der Waals surface area (Å²) in [7, 11) is 0. The molecule has 0 aromatic carbocycles. The van der Waals surface area contributed by atoms with Crippen LogP contribution in [-0.4, -0.2) is 15.5 Å². The highest BCUT2D eigenvalue weighted by molar-refractivity contribution is 4.77. The molecule has 0 fully saturated rings. The van der Waals surface area contributed by atoms with Crippen LogP contribution in [0.5, 0.6) is 0 Å². The molecular formula is C7H18N5+. The van der Waals surface area contributed by atoms with E-state index >= 15 is 0 Å². The molecule has 1 rings (SSSR count). The van der Waals surface area contributed by atoms with E-state index in [1.54, 1.807) is 0 Å². The Morgan fingerprint density at radius 3 is 2.17 bits per heavy atom. The van der Waals surface area contributed by atoms with E-state index in [9.17, 15) is 0 Å². The first-order valence-electron chi connectivity index (χ1n) is 3.95. The monoisotopic (exact) mass is 172 g/mol. The maximum atomic E-state index is 3.99. The predicted octanol–water partition coefficient (Wildman–Crippen LogP) is 0.958. The van der Waals surface area contributed by atoms with E-state index in [1.165, 1.54) is 0 Å². The predicted molar refractivity (Wildman–Crippen MR) is 46.1 cm³/mol. The number of hydrogen-bond donors (Lipinski definition) is 2. The zero-order valence-electron chi connectivity index (χ0n) is 8.20.